The number of carbonyl (C=O) groups excluding carboxylic acids is 1. The van der Waals surface area contributed by atoms with E-state index < -0.39 is 0 Å². The van der Waals surface area contributed by atoms with E-state index >= 15 is 0 Å². The van der Waals surface area contributed by atoms with E-state index in [4.69, 9.17) is 11.6 Å². The molecule has 0 aliphatic carbocycles. The summed E-state index contributed by atoms with van der Waals surface area (Å²) in [4.78, 5) is 20.6. The molecule has 5 nitrogen and oxygen atoms in total. The number of fused-ring (bicyclic) bond motifs is 1. The lowest BCUT2D eigenvalue weighted by Gasteiger charge is -2.15. The third kappa shape index (κ3) is 2.18. The molecule has 18 heavy (non-hydrogen) atoms. The van der Waals surface area contributed by atoms with Crippen LogP contribution in [-0.2, 0) is 10.7 Å². The number of hydrogen-bond donors (Lipinski definition) is 1. The smallest absolute Gasteiger partial charge is 0.242 e. The van der Waals surface area contributed by atoms with Gasteiger partial charge in [-0.1, -0.05) is 0 Å². The number of hydrogen-bond acceptors (Lipinski definition) is 3. The Bertz CT molecular complexity index is 566. The van der Waals surface area contributed by atoms with E-state index in [2.05, 4.69) is 15.3 Å². The molecule has 1 unspecified atom stereocenters. The number of alkyl halides is 1. The molecule has 0 radical (unpaired) electrons. The molecule has 2 aromatic heterocycles. The van der Waals surface area contributed by atoms with Crippen LogP contribution in [0.25, 0.3) is 11.2 Å². The first kappa shape index (κ1) is 12.8. The molecule has 1 atom stereocenters. The van der Waals surface area contributed by atoms with Crippen LogP contribution in [0.15, 0.2) is 18.3 Å². The molecule has 0 fully saturated rings. The van der Waals surface area contributed by atoms with Crippen LogP contribution in [0.2, 0.25) is 0 Å². The number of amides is 1. The highest BCUT2D eigenvalue weighted by atomic mass is 35.5. The van der Waals surface area contributed by atoms with Crippen molar-refractivity contribution >= 4 is 28.7 Å². The number of likely N-dealkylation sites (N-methyl/N-ethyl adjacent to an activating group) is 1. The number of pyridine rings is 1. The highest BCUT2D eigenvalue weighted by Gasteiger charge is 2.21. The average molecular weight is 267 g/mol. The van der Waals surface area contributed by atoms with Gasteiger partial charge in [-0.2, -0.15) is 0 Å². The van der Waals surface area contributed by atoms with Gasteiger partial charge in [0, 0.05) is 12.7 Å². The van der Waals surface area contributed by atoms with E-state index in [1.807, 2.05) is 26.0 Å². The van der Waals surface area contributed by atoms with Crippen molar-refractivity contribution in [3.63, 3.8) is 0 Å². The molecule has 0 aromatic carbocycles. The molecule has 6 heteroatoms. The van der Waals surface area contributed by atoms with Crippen LogP contribution in [-0.4, -0.2) is 27.0 Å². The van der Waals surface area contributed by atoms with Crippen molar-refractivity contribution in [2.24, 2.45) is 0 Å². The predicted octanol–water partition coefficient (Wildman–Crippen LogP) is 1.87. The molecule has 0 aliphatic rings. The Labute approximate surface area is 110 Å². The zero-order valence-electron chi connectivity index (χ0n) is 10.4. The third-order valence-electron chi connectivity index (χ3n) is 2.76. The van der Waals surface area contributed by atoms with Gasteiger partial charge in [0.05, 0.1) is 5.88 Å². The second-order valence-corrected chi connectivity index (χ2v) is 4.22. The lowest BCUT2D eigenvalue weighted by atomic mass is 10.3. The van der Waals surface area contributed by atoms with Gasteiger partial charge in [0.2, 0.25) is 5.91 Å². The molecule has 0 saturated carbocycles. The zero-order valence-corrected chi connectivity index (χ0v) is 11.1. The van der Waals surface area contributed by atoms with E-state index in [0.29, 0.717) is 18.0 Å². The third-order valence-corrected chi connectivity index (χ3v) is 3.00. The quantitative estimate of drug-likeness (QED) is 0.860. The minimum Gasteiger partial charge on any atom is -0.355 e. The highest BCUT2D eigenvalue weighted by molar-refractivity contribution is 6.16. The van der Waals surface area contributed by atoms with Gasteiger partial charge in [-0.3, -0.25) is 9.36 Å². The molecular formula is C12H15ClN4O. The first-order valence-corrected chi connectivity index (χ1v) is 6.38. The Kier molecular flexibility index (Phi) is 3.81. The average Bonchev–Trinajstić information content (AvgIpc) is 2.76. The van der Waals surface area contributed by atoms with Gasteiger partial charge in [-0.25, -0.2) is 9.97 Å². The Hall–Kier alpha value is -1.62. The van der Waals surface area contributed by atoms with Crippen LogP contribution < -0.4 is 5.32 Å². The molecule has 1 amide bonds. The standard InChI is InChI=1S/C12H15ClN4O/c1-3-14-12(18)8(2)17-10(7-13)16-9-5-4-6-15-11(9)17/h4-6,8H,3,7H2,1-2H3,(H,14,18). The molecule has 2 aromatic rings. The summed E-state index contributed by atoms with van der Waals surface area (Å²) in [6.45, 7) is 4.30. The van der Waals surface area contributed by atoms with Crippen molar-refractivity contribution in [1.29, 1.82) is 0 Å². The lowest BCUT2D eigenvalue weighted by Crippen LogP contribution is -2.31. The van der Waals surface area contributed by atoms with Gasteiger partial charge in [0.1, 0.15) is 17.4 Å². The van der Waals surface area contributed by atoms with Crippen LogP contribution in [0.1, 0.15) is 25.7 Å². The van der Waals surface area contributed by atoms with Crippen molar-refractivity contribution in [2.75, 3.05) is 6.54 Å². The highest BCUT2D eigenvalue weighted by Crippen LogP contribution is 2.20. The number of nitrogens with zero attached hydrogens (tertiary/aromatic N) is 3. The Morgan fingerprint density at radius 2 is 2.39 bits per heavy atom. The minimum atomic E-state index is -0.376. The van der Waals surface area contributed by atoms with Crippen molar-refractivity contribution in [2.45, 2.75) is 25.8 Å². The van der Waals surface area contributed by atoms with Gasteiger partial charge >= 0.3 is 0 Å². The summed E-state index contributed by atoms with van der Waals surface area (Å²) in [5, 5.41) is 2.79. The lowest BCUT2D eigenvalue weighted by molar-refractivity contribution is -0.123. The normalized spacial score (nSPS) is 12.6. The Balaban J connectivity index is 2.50. The minimum absolute atomic E-state index is 0.0613. The monoisotopic (exact) mass is 266 g/mol. The molecule has 1 N–H and O–H groups in total. The topological polar surface area (TPSA) is 59.8 Å². The van der Waals surface area contributed by atoms with Crippen LogP contribution in [0.3, 0.4) is 0 Å². The number of imidazole rings is 1. The van der Waals surface area contributed by atoms with Gasteiger partial charge in [-0.05, 0) is 26.0 Å². The van der Waals surface area contributed by atoms with Gasteiger partial charge < -0.3 is 5.32 Å². The molecule has 0 bridgehead atoms. The second-order valence-electron chi connectivity index (χ2n) is 3.95. The van der Waals surface area contributed by atoms with E-state index in [0.717, 1.165) is 5.52 Å². The van der Waals surface area contributed by atoms with Crippen LogP contribution in [0.5, 0.6) is 0 Å². The summed E-state index contributed by atoms with van der Waals surface area (Å²) in [6.07, 6.45) is 1.68. The number of halogens is 1. The van der Waals surface area contributed by atoms with Crippen molar-refractivity contribution < 1.29 is 4.79 Å². The fourth-order valence-electron chi connectivity index (χ4n) is 1.92. The summed E-state index contributed by atoms with van der Waals surface area (Å²) in [6, 6.07) is 3.30. The molecule has 2 heterocycles. The predicted molar refractivity (Wildman–Crippen MR) is 70.5 cm³/mol. The summed E-state index contributed by atoms with van der Waals surface area (Å²) >= 11 is 5.89. The number of rotatable bonds is 4. The molecule has 0 saturated heterocycles. The van der Waals surface area contributed by atoms with Gasteiger partial charge in [0.15, 0.2) is 5.65 Å². The van der Waals surface area contributed by atoms with E-state index in [1.165, 1.54) is 0 Å². The number of aromatic nitrogens is 3. The van der Waals surface area contributed by atoms with Crippen LogP contribution in [0, 0.1) is 0 Å². The van der Waals surface area contributed by atoms with Crippen molar-refractivity contribution in [1.82, 2.24) is 19.9 Å². The van der Waals surface area contributed by atoms with Crippen molar-refractivity contribution in [3.8, 4) is 0 Å². The largest absolute Gasteiger partial charge is 0.355 e. The number of nitrogens with one attached hydrogen (secondary N) is 1. The molecule has 2 rings (SSSR count). The molecule has 0 spiro atoms. The summed E-state index contributed by atoms with van der Waals surface area (Å²) in [5.74, 6) is 0.845. The van der Waals surface area contributed by atoms with Gasteiger partial charge in [0.25, 0.3) is 0 Å². The fraction of sp³-hybridized carbons (Fsp3) is 0.417. The van der Waals surface area contributed by atoms with E-state index in [1.54, 1.807) is 10.8 Å². The maximum atomic E-state index is 11.9. The maximum absolute atomic E-state index is 11.9. The summed E-state index contributed by atoms with van der Waals surface area (Å²) in [5.41, 5.74) is 1.44. The van der Waals surface area contributed by atoms with Crippen molar-refractivity contribution in [3.05, 3.63) is 24.2 Å². The van der Waals surface area contributed by atoms with Gasteiger partial charge in [-0.15, -0.1) is 11.6 Å². The van der Waals surface area contributed by atoms with Crippen LogP contribution in [0.4, 0.5) is 0 Å². The molecule has 96 valence electrons. The van der Waals surface area contributed by atoms with E-state index in [-0.39, 0.29) is 17.8 Å². The first-order chi connectivity index (χ1) is 8.69. The first-order valence-electron chi connectivity index (χ1n) is 5.84. The van der Waals surface area contributed by atoms with Crippen LogP contribution >= 0.6 is 11.6 Å². The Morgan fingerprint density at radius 3 is 3.06 bits per heavy atom. The molecule has 0 aliphatic heterocycles. The Morgan fingerprint density at radius 1 is 1.61 bits per heavy atom. The summed E-state index contributed by atoms with van der Waals surface area (Å²) in [7, 11) is 0. The maximum Gasteiger partial charge on any atom is 0.242 e. The SMILES string of the molecule is CCNC(=O)C(C)n1c(CCl)nc2cccnc21. The molecular weight excluding hydrogens is 252 g/mol. The van der Waals surface area contributed by atoms with E-state index in [9.17, 15) is 4.79 Å². The zero-order chi connectivity index (χ0) is 13.1. The second kappa shape index (κ2) is 5.35. The number of carbonyl (C=O) groups is 1. The summed E-state index contributed by atoms with van der Waals surface area (Å²) < 4.78 is 1.79. The fourth-order valence-corrected chi connectivity index (χ4v) is 2.11.